The number of fused-ring (bicyclic) bond motifs is 13. The van der Waals surface area contributed by atoms with E-state index in [1.165, 1.54) is 47.7 Å². The fourth-order valence-corrected chi connectivity index (χ4v) is 13.3. The van der Waals surface area contributed by atoms with Gasteiger partial charge in [0.1, 0.15) is 16.7 Å². The second-order valence-corrected chi connectivity index (χ2v) is 23.6. The van der Waals surface area contributed by atoms with E-state index in [9.17, 15) is 0 Å². The number of benzene rings is 10. The molecular weight excluding hydrogens is 934 g/mol. The van der Waals surface area contributed by atoms with Gasteiger partial charge in [0, 0.05) is 93.3 Å². The number of furan rings is 2. The third-order valence-electron chi connectivity index (χ3n) is 16.0. The van der Waals surface area contributed by atoms with E-state index in [0.29, 0.717) is 0 Å². The van der Waals surface area contributed by atoms with Crippen molar-refractivity contribution in [2.45, 2.75) is 52.4 Å². The van der Waals surface area contributed by atoms with Gasteiger partial charge >= 0.3 is 0 Å². The molecule has 7 heteroatoms. The lowest BCUT2D eigenvalue weighted by Gasteiger charge is -2.44. The Balaban J connectivity index is 1.01. The van der Waals surface area contributed by atoms with Crippen molar-refractivity contribution in [3.63, 3.8) is 0 Å². The Bertz CT molecular complexity index is 4470. The highest BCUT2D eigenvalue weighted by Crippen LogP contribution is 2.49. The second-order valence-electron chi connectivity index (χ2n) is 22.5. The summed E-state index contributed by atoms with van der Waals surface area (Å²) in [6, 6.07) is 76.4. The van der Waals surface area contributed by atoms with Crippen molar-refractivity contribution in [1.82, 2.24) is 0 Å². The molecule has 0 saturated heterocycles. The topological polar surface area (TPSA) is 36.0 Å². The number of thiophene rings is 1. The van der Waals surface area contributed by atoms with E-state index < -0.39 is 0 Å². The van der Waals surface area contributed by atoms with Crippen LogP contribution in [0.15, 0.2) is 215 Å². The third-order valence-corrected chi connectivity index (χ3v) is 17.1. The highest BCUT2D eigenvalue weighted by Gasteiger charge is 2.44. The van der Waals surface area contributed by atoms with Crippen LogP contribution < -0.4 is 31.1 Å². The first-order valence-electron chi connectivity index (χ1n) is 26.1. The Morgan fingerprint density at radius 3 is 1.63 bits per heavy atom. The summed E-state index contributed by atoms with van der Waals surface area (Å²) in [5, 5.41) is 6.93. The van der Waals surface area contributed by atoms with E-state index in [0.717, 1.165) is 95.1 Å². The Morgan fingerprint density at radius 1 is 0.400 bits per heavy atom. The van der Waals surface area contributed by atoms with Crippen molar-refractivity contribution in [2.75, 3.05) is 14.7 Å². The van der Waals surface area contributed by atoms with E-state index in [2.05, 4.69) is 262 Å². The van der Waals surface area contributed by atoms with Crippen molar-refractivity contribution >= 4 is 150 Å². The summed E-state index contributed by atoms with van der Waals surface area (Å²) in [5.41, 5.74) is 19.7. The molecule has 0 bridgehead atoms. The minimum Gasteiger partial charge on any atom is -0.456 e. The van der Waals surface area contributed by atoms with E-state index >= 15 is 0 Å². The van der Waals surface area contributed by atoms with Crippen molar-refractivity contribution in [1.29, 1.82) is 0 Å². The highest BCUT2D eigenvalue weighted by molar-refractivity contribution is 7.25. The van der Waals surface area contributed by atoms with Crippen LogP contribution in [0.5, 0.6) is 0 Å². The number of hydrogen-bond donors (Lipinski definition) is 0. The molecule has 5 heterocycles. The maximum absolute atomic E-state index is 6.90. The summed E-state index contributed by atoms with van der Waals surface area (Å²) < 4.78 is 16.2. The van der Waals surface area contributed by atoms with Crippen LogP contribution in [0.1, 0.15) is 52.7 Å². The molecule has 360 valence electrons. The molecule has 0 radical (unpaired) electrons. The normalized spacial score (nSPS) is 13.4. The fourth-order valence-electron chi connectivity index (χ4n) is 12.2. The smallest absolute Gasteiger partial charge is 0.252 e. The van der Waals surface area contributed by atoms with Gasteiger partial charge in [-0.1, -0.05) is 151 Å². The maximum atomic E-state index is 6.90. The molecule has 75 heavy (non-hydrogen) atoms. The van der Waals surface area contributed by atoms with Crippen LogP contribution in [0.25, 0.3) is 64.0 Å². The van der Waals surface area contributed by atoms with Crippen LogP contribution in [0.4, 0.5) is 51.2 Å². The van der Waals surface area contributed by atoms with E-state index in [1.807, 2.05) is 11.3 Å². The number of rotatable bonds is 5. The van der Waals surface area contributed by atoms with Gasteiger partial charge < -0.3 is 23.5 Å². The number of para-hydroxylation sites is 3. The summed E-state index contributed by atoms with van der Waals surface area (Å²) in [6.45, 7) is 13.6. The molecule has 0 atom stereocenters. The molecule has 0 fully saturated rings. The van der Waals surface area contributed by atoms with Gasteiger partial charge in [0.15, 0.2) is 5.58 Å². The molecule has 10 aromatic carbocycles. The Morgan fingerprint density at radius 2 is 0.947 bits per heavy atom. The molecule has 15 rings (SSSR count). The molecule has 5 nitrogen and oxygen atoms in total. The van der Waals surface area contributed by atoms with Crippen molar-refractivity contribution in [3.05, 3.63) is 217 Å². The predicted molar refractivity (Wildman–Crippen MR) is 320 cm³/mol. The average molecular weight is 986 g/mol. The molecule has 0 spiro atoms. The first-order valence-corrected chi connectivity index (χ1v) is 26.9. The molecule has 3 aromatic heterocycles. The van der Waals surface area contributed by atoms with Gasteiger partial charge in [-0.25, -0.2) is 0 Å². The van der Waals surface area contributed by atoms with E-state index in [4.69, 9.17) is 8.83 Å². The minimum absolute atomic E-state index is 0.00902. The van der Waals surface area contributed by atoms with Crippen LogP contribution in [0.2, 0.25) is 0 Å². The molecule has 13 aromatic rings. The van der Waals surface area contributed by atoms with Crippen LogP contribution in [-0.4, -0.2) is 6.71 Å². The van der Waals surface area contributed by atoms with Gasteiger partial charge in [0.25, 0.3) is 6.71 Å². The quantitative estimate of drug-likeness (QED) is 0.161. The summed E-state index contributed by atoms with van der Waals surface area (Å²) in [6.07, 6.45) is 0. The first kappa shape index (κ1) is 44.0. The van der Waals surface area contributed by atoms with Gasteiger partial charge in [-0.3, -0.25) is 0 Å². The molecule has 2 aliphatic rings. The highest BCUT2D eigenvalue weighted by atomic mass is 32.1. The standard InChI is InChI=1S/C68H52BN3O2S/c1-67(2,3)41-25-29-43(30-26-41)71-55-19-14-20-56-65(55)69(54-39-51-48-16-8-10-22-60(48)73-62(51)40-59(54)72(56)44-31-27-42(28-32-44)68(4,5)6)53-35-33-46(38-58(53)71)70(45-34-36-64-52(37-45)49-17-9-12-24-63(49)75-64)57-21-13-18-50-47-15-7-11-23-61(47)74-66(50)57/h7-40H,1-6H3. The maximum Gasteiger partial charge on any atom is 0.252 e. The van der Waals surface area contributed by atoms with E-state index in [-0.39, 0.29) is 17.5 Å². The Kier molecular flexibility index (Phi) is 9.39. The SMILES string of the molecule is CC(C)(C)c1ccc(N2c3cc(N(c4ccc5sc6ccccc6c5c4)c4cccc5c4oc4ccccc45)ccc3B3c4cc5c(cc4N(c4ccc(C(C)(C)C)cc4)c4cccc2c43)oc2ccccc25)cc1. The molecular formula is C68H52BN3O2S. The van der Waals surface area contributed by atoms with Crippen LogP contribution in [0, 0.1) is 0 Å². The molecule has 0 saturated carbocycles. The Labute approximate surface area is 440 Å². The number of hydrogen-bond acceptors (Lipinski definition) is 6. The second kappa shape index (κ2) is 16.0. The zero-order valence-corrected chi connectivity index (χ0v) is 43.6. The van der Waals surface area contributed by atoms with E-state index in [1.54, 1.807) is 0 Å². The van der Waals surface area contributed by atoms with Crippen LogP contribution in [0.3, 0.4) is 0 Å². The molecule has 0 unspecified atom stereocenters. The number of nitrogens with zero attached hydrogens (tertiary/aromatic N) is 3. The number of anilines is 9. The zero-order valence-electron chi connectivity index (χ0n) is 42.8. The fraction of sp³-hybridized carbons (Fsp3) is 0.118. The lowest BCUT2D eigenvalue weighted by molar-refractivity contribution is 0.590. The predicted octanol–water partition coefficient (Wildman–Crippen LogP) is 18.0. The molecule has 0 amide bonds. The monoisotopic (exact) mass is 985 g/mol. The molecule has 0 N–H and O–H groups in total. The molecule has 2 aliphatic heterocycles. The van der Waals surface area contributed by atoms with Gasteiger partial charge in [-0.2, -0.15) is 0 Å². The Hall–Kier alpha value is -8.52. The minimum atomic E-state index is -0.107. The summed E-state index contributed by atoms with van der Waals surface area (Å²) in [4.78, 5) is 7.42. The lowest BCUT2D eigenvalue weighted by Crippen LogP contribution is -2.61. The summed E-state index contributed by atoms with van der Waals surface area (Å²) >= 11 is 1.84. The lowest BCUT2D eigenvalue weighted by atomic mass is 9.33. The summed E-state index contributed by atoms with van der Waals surface area (Å²) in [7, 11) is 0. The zero-order chi connectivity index (χ0) is 50.5. The van der Waals surface area contributed by atoms with Crippen LogP contribution in [-0.2, 0) is 10.8 Å². The van der Waals surface area contributed by atoms with Gasteiger partial charge in [0.2, 0.25) is 0 Å². The largest absolute Gasteiger partial charge is 0.456 e. The van der Waals surface area contributed by atoms with Crippen LogP contribution >= 0.6 is 11.3 Å². The van der Waals surface area contributed by atoms with Gasteiger partial charge in [-0.05, 0) is 129 Å². The van der Waals surface area contributed by atoms with Gasteiger partial charge in [0.05, 0.1) is 5.69 Å². The van der Waals surface area contributed by atoms with Crippen molar-refractivity contribution in [2.24, 2.45) is 0 Å². The summed E-state index contributed by atoms with van der Waals surface area (Å²) in [5.74, 6) is 0. The van der Waals surface area contributed by atoms with Crippen molar-refractivity contribution < 1.29 is 8.83 Å². The van der Waals surface area contributed by atoms with Gasteiger partial charge in [-0.15, -0.1) is 11.3 Å². The third kappa shape index (κ3) is 6.70. The first-order chi connectivity index (χ1) is 36.4. The molecule has 0 aliphatic carbocycles. The average Bonchev–Trinajstić information content (AvgIpc) is 4.13. The van der Waals surface area contributed by atoms with Crippen molar-refractivity contribution in [3.8, 4) is 0 Å².